The second kappa shape index (κ2) is 4.02. The van der Waals surface area contributed by atoms with Crippen LogP contribution in [0.5, 0.6) is 0 Å². The molecule has 5 heteroatoms. The molecule has 0 saturated carbocycles. The van der Waals surface area contributed by atoms with Crippen LogP contribution in [-0.2, 0) is 11.3 Å². The lowest BCUT2D eigenvalue weighted by molar-refractivity contribution is -0.118. The molecule has 1 aromatic heterocycles. The maximum Gasteiger partial charge on any atom is 0.230 e. The number of nitrogens with zero attached hydrogens (tertiary/aromatic N) is 1. The molecule has 1 aromatic rings. The third kappa shape index (κ3) is 2.63. The van der Waals surface area contributed by atoms with Gasteiger partial charge >= 0.3 is 0 Å². The van der Waals surface area contributed by atoms with Gasteiger partial charge in [-0.25, -0.2) is 0 Å². The number of hydrogen-bond acceptors (Lipinski definition) is 4. The lowest BCUT2D eigenvalue weighted by atomic mass is 10.4. The summed E-state index contributed by atoms with van der Waals surface area (Å²) in [6.45, 7) is 0.399. The van der Waals surface area contributed by atoms with E-state index >= 15 is 0 Å². The Morgan fingerprint density at radius 2 is 2.64 bits per heavy atom. The van der Waals surface area contributed by atoms with Crippen molar-refractivity contribution in [3.8, 4) is 0 Å². The van der Waals surface area contributed by atoms with Gasteiger partial charge in [0.15, 0.2) is 0 Å². The fourth-order valence-electron chi connectivity index (χ4n) is 0.574. The van der Waals surface area contributed by atoms with Crippen LogP contribution in [-0.4, -0.2) is 16.8 Å². The highest BCUT2D eigenvalue weighted by molar-refractivity contribution is 7.81. The molecule has 0 unspecified atom stereocenters. The highest BCUT2D eigenvalue weighted by Gasteiger charge is 1.98. The number of carbonyl (C=O) groups excluding carboxylic acids is 1. The smallest absolute Gasteiger partial charge is 0.230 e. The molecule has 1 amide bonds. The van der Waals surface area contributed by atoms with E-state index in [1.165, 1.54) is 6.26 Å². The second-order valence-corrected chi connectivity index (χ2v) is 2.24. The molecule has 0 atom stereocenters. The van der Waals surface area contributed by atoms with E-state index in [9.17, 15) is 4.79 Å². The average Bonchev–Trinajstić information content (AvgIpc) is 2.52. The first-order chi connectivity index (χ1) is 5.33. The molecule has 0 aliphatic rings. The van der Waals surface area contributed by atoms with Crippen molar-refractivity contribution in [1.82, 2.24) is 10.5 Å². The maximum absolute atomic E-state index is 10.7. The number of rotatable bonds is 3. The van der Waals surface area contributed by atoms with Crippen molar-refractivity contribution >= 4 is 18.5 Å². The van der Waals surface area contributed by atoms with Gasteiger partial charge in [-0.15, -0.1) is 0 Å². The minimum Gasteiger partial charge on any atom is -0.364 e. The van der Waals surface area contributed by atoms with E-state index in [-0.39, 0.29) is 11.7 Å². The molecule has 0 fully saturated rings. The molecule has 4 nitrogen and oxygen atoms in total. The SMILES string of the molecule is O=C(CS)NCc1ccon1. The molecule has 0 aliphatic carbocycles. The molecule has 60 valence electrons. The van der Waals surface area contributed by atoms with E-state index in [1.54, 1.807) is 6.07 Å². The van der Waals surface area contributed by atoms with Crippen LogP contribution in [0.25, 0.3) is 0 Å². The fraction of sp³-hybridized carbons (Fsp3) is 0.333. The highest BCUT2D eigenvalue weighted by atomic mass is 32.1. The van der Waals surface area contributed by atoms with Crippen LogP contribution < -0.4 is 5.32 Å². The molecule has 1 heterocycles. The van der Waals surface area contributed by atoms with Crippen LogP contribution >= 0.6 is 12.6 Å². The van der Waals surface area contributed by atoms with E-state index in [0.717, 1.165) is 0 Å². The summed E-state index contributed by atoms with van der Waals surface area (Å²) in [6, 6.07) is 1.69. The summed E-state index contributed by atoms with van der Waals surface area (Å²) in [6.07, 6.45) is 1.46. The van der Waals surface area contributed by atoms with Gasteiger partial charge in [0.2, 0.25) is 5.91 Å². The zero-order chi connectivity index (χ0) is 8.10. The van der Waals surface area contributed by atoms with Gasteiger partial charge in [-0.05, 0) is 0 Å². The molecule has 0 aromatic carbocycles. The van der Waals surface area contributed by atoms with Gasteiger partial charge in [0.1, 0.15) is 12.0 Å². The van der Waals surface area contributed by atoms with Crippen LogP contribution in [0.2, 0.25) is 0 Å². The summed E-state index contributed by atoms with van der Waals surface area (Å²) in [7, 11) is 0. The highest BCUT2D eigenvalue weighted by Crippen LogP contribution is 1.92. The topological polar surface area (TPSA) is 55.1 Å². The number of hydrogen-bond donors (Lipinski definition) is 2. The lowest BCUT2D eigenvalue weighted by Gasteiger charge is -1.97. The number of nitrogens with one attached hydrogen (secondary N) is 1. The van der Waals surface area contributed by atoms with Gasteiger partial charge in [0.25, 0.3) is 0 Å². The van der Waals surface area contributed by atoms with Crippen LogP contribution in [0.15, 0.2) is 16.9 Å². The van der Waals surface area contributed by atoms with Crippen LogP contribution in [0.1, 0.15) is 5.69 Å². The molecule has 0 radical (unpaired) electrons. The van der Waals surface area contributed by atoms with Crippen molar-refractivity contribution in [3.63, 3.8) is 0 Å². The fourth-order valence-corrected chi connectivity index (χ4v) is 0.686. The summed E-state index contributed by atoms with van der Waals surface area (Å²) < 4.78 is 4.56. The lowest BCUT2D eigenvalue weighted by Crippen LogP contribution is -2.23. The minimum absolute atomic E-state index is 0.115. The van der Waals surface area contributed by atoms with Gasteiger partial charge in [0.05, 0.1) is 12.3 Å². The Hall–Kier alpha value is -0.970. The van der Waals surface area contributed by atoms with Crippen molar-refractivity contribution in [3.05, 3.63) is 18.0 Å². The van der Waals surface area contributed by atoms with Crippen LogP contribution in [0.4, 0.5) is 0 Å². The predicted octanol–water partition coefficient (Wildman–Crippen LogP) is 0.221. The Labute approximate surface area is 69.4 Å². The molecule has 11 heavy (non-hydrogen) atoms. The van der Waals surface area contributed by atoms with E-state index in [2.05, 4.69) is 27.6 Å². The first kappa shape index (κ1) is 8.13. The molecular weight excluding hydrogens is 164 g/mol. The van der Waals surface area contributed by atoms with E-state index < -0.39 is 0 Å². The van der Waals surface area contributed by atoms with E-state index in [1.807, 2.05) is 0 Å². The molecule has 1 N–H and O–H groups in total. The average molecular weight is 172 g/mol. The van der Waals surface area contributed by atoms with Gasteiger partial charge in [0, 0.05) is 6.07 Å². The van der Waals surface area contributed by atoms with Crippen LogP contribution in [0.3, 0.4) is 0 Å². The molecule has 0 aliphatic heterocycles. The van der Waals surface area contributed by atoms with Crippen molar-refractivity contribution in [2.45, 2.75) is 6.54 Å². The number of amides is 1. The quantitative estimate of drug-likeness (QED) is 0.641. The Balaban J connectivity index is 2.29. The molecule has 1 rings (SSSR count). The summed E-state index contributed by atoms with van der Waals surface area (Å²) >= 11 is 3.79. The van der Waals surface area contributed by atoms with Gasteiger partial charge < -0.3 is 9.84 Å². The van der Waals surface area contributed by atoms with E-state index in [0.29, 0.717) is 12.2 Å². The Morgan fingerprint density at radius 3 is 3.18 bits per heavy atom. The zero-order valence-corrected chi connectivity index (χ0v) is 6.67. The van der Waals surface area contributed by atoms with Crippen molar-refractivity contribution in [1.29, 1.82) is 0 Å². The van der Waals surface area contributed by atoms with Gasteiger partial charge in [-0.3, -0.25) is 4.79 Å². The van der Waals surface area contributed by atoms with E-state index in [4.69, 9.17) is 0 Å². The number of thiol groups is 1. The Kier molecular flexibility index (Phi) is 2.97. The van der Waals surface area contributed by atoms with Crippen molar-refractivity contribution < 1.29 is 9.32 Å². The molecular formula is C6H8N2O2S. The predicted molar refractivity (Wildman–Crippen MR) is 42.2 cm³/mol. The Morgan fingerprint density at radius 1 is 1.82 bits per heavy atom. The molecule has 0 spiro atoms. The van der Waals surface area contributed by atoms with Crippen molar-refractivity contribution in [2.75, 3.05) is 5.75 Å². The first-order valence-corrected chi connectivity index (χ1v) is 3.73. The molecule has 0 saturated heterocycles. The summed E-state index contributed by atoms with van der Waals surface area (Å²) in [4.78, 5) is 10.7. The monoisotopic (exact) mass is 172 g/mol. The van der Waals surface area contributed by atoms with Gasteiger partial charge in [-0.1, -0.05) is 5.16 Å². The Bertz CT molecular complexity index is 222. The largest absolute Gasteiger partial charge is 0.364 e. The van der Waals surface area contributed by atoms with Gasteiger partial charge in [-0.2, -0.15) is 12.6 Å². The molecule has 0 bridgehead atoms. The first-order valence-electron chi connectivity index (χ1n) is 3.09. The standard InChI is InChI=1S/C6H8N2O2S/c9-6(4-11)7-3-5-1-2-10-8-5/h1-2,11H,3-4H2,(H,7,9). The second-order valence-electron chi connectivity index (χ2n) is 1.93. The normalized spacial score (nSPS) is 9.55. The number of carbonyl (C=O) groups is 1. The number of aromatic nitrogens is 1. The van der Waals surface area contributed by atoms with Crippen molar-refractivity contribution in [2.24, 2.45) is 0 Å². The third-order valence-electron chi connectivity index (χ3n) is 1.10. The van der Waals surface area contributed by atoms with Crippen LogP contribution in [0, 0.1) is 0 Å². The minimum atomic E-state index is -0.115. The third-order valence-corrected chi connectivity index (χ3v) is 1.39. The summed E-state index contributed by atoms with van der Waals surface area (Å²) in [5, 5.41) is 6.20. The summed E-state index contributed by atoms with van der Waals surface area (Å²) in [5.74, 6) is 0.0778. The zero-order valence-electron chi connectivity index (χ0n) is 5.78. The maximum atomic E-state index is 10.7. The summed E-state index contributed by atoms with van der Waals surface area (Å²) in [5.41, 5.74) is 0.708.